The molecular weight excluding hydrogens is 346 g/mol. The van der Waals surface area contributed by atoms with E-state index in [1.807, 2.05) is 0 Å². The van der Waals surface area contributed by atoms with Crippen molar-refractivity contribution in [2.24, 2.45) is 23.0 Å². The van der Waals surface area contributed by atoms with E-state index in [1.54, 1.807) is 0 Å². The van der Waals surface area contributed by atoms with Crippen LogP contribution in [0.15, 0.2) is 0 Å². The van der Waals surface area contributed by atoms with Gasteiger partial charge in [0, 0.05) is 12.1 Å². The van der Waals surface area contributed by atoms with Gasteiger partial charge in [0.15, 0.2) is 0 Å². The SMILES string of the molecule is CCN(CC)CCCC(CCN(C(C)C)C(C)C)(C(N)=O)C1CCCCC1C. The molecule has 28 heavy (non-hydrogen) atoms. The number of rotatable bonds is 13. The van der Waals surface area contributed by atoms with Crippen molar-refractivity contribution in [3.05, 3.63) is 0 Å². The van der Waals surface area contributed by atoms with Crippen LogP contribution in [0.1, 0.15) is 93.4 Å². The molecule has 3 atom stereocenters. The van der Waals surface area contributed by atoms with Crippen LogP contribution in [0.4, 0.5) is 0 Å². The quantitative estimate of drug-likeness (QED) is 0.482. The molecule has 1 saturated carbocycles. The summed E-state index contributed by atoms with van der Waals surface area (Å²) in [7, 11) is 0. The molecule has 1 aliphatic carbocycles. The third kappa shape index (κ3) is 6.73. The van der Waals surface area contributed by atoms with Gasteiger partial charge in [0.1, 0.15) is 0 Å². The lowest BCUT2D eigenvalue weighted by atomic mass is 9.60. The van der Waals surface area contributed by atoms with Crippen LogP contribution in [-0.2, 0) is 4.79 Å². The smallest absolute Gasteiger partial charge is 0.223 e. The van der Waals surface area contributed by atoms with Crippen molar-refractivity contribution in [2.75, 3.05) is 26.2 Å². The minimum Gasteiger partial charge on any atom is -0.369 e. The molecule has 0 aromatic heterocycles. The monoisotopic (exact) mass is 395 g/mol. The molecule has 0 aromatic carbocycles. The van der Waals surface area contributed by atoms with Crippen LogP contribution >= 0.6 is 0 Å². The average Bonchev–Trinajstić information content (AvgIpc) is 2.63. The molecule has 1 aliphatic rings. The van der Waals surface area contributed by atoms with Crippen molar-refractivity contribution in [1.82, 2.24) is 9.80 Å². The summed E-state index contributed by atoms with van der Waals surface area (Å²) in [4.78, 5) is 18.0. The zero-order chi connectivity index (χ0) is 21.3. The summed E-state index contributed by atoms with van der Waals surface area (Å²) < 4.78 is 0. The molecule has 2 N–H and O–H groups in total. The molecule has 0 radical (unpaired) electrons. The Morgan fingerprint density at radius 2 is 1.57 bits per heavy atom. The number of hydrogen-bond acceptors (Lipinski definition) is 3. The number of amides is 1. The molecule has 0 saturated heterocycles. The Balaban J connectivity index is 3.05. The first-order chi connectivity index (χ1) is 13.2. The third-order valence-electron chi connectivity index (χ3n) is 7.45. The number of carbonyl (C=O) groups excluding carboxylic acids is 1. The van der Waals surface area contributed by atoms with Gasteiger partial charge in [-0.2, -0.15) is 0 Å². The maximum absolute atomic E-state index is 13.0. The maximum atomic E-state index is 13.0. The lowest BCUT2D eigenvalue weighted by molar-refractivity contribution is -0.135. The van der Waals surface area contributed by atoms with E-state index in [0.717, 1.165) is 45.4 Å². The average molecular weight is 396 g/mol. The zero-order valence-electron chi connectivity index (χ0n) is 20.0. The lowest BCUT2D eigenvalue weighted by Gasteiger charge is -2.46. The largest absolute Gasteiger partial charge is 0.369 e. The van der Waals surface area contributed by atoms with Gasteiger partial charge in [-0.15, -0.1) is 0 Å². The van der Waals surface area contributed by atoms with Gasteiger partial charge >= 0.3 is 0 Å². The Morgan fingerprint density at radius 1 is 1.00 bits per heavy atom. The third-order valence-corrected chi connectivity index (χ3v) is 7.45. The van der Waals surface area contributed by atoms with Crippen LogP contribution in [0.2, 0.25) is 0 Å². The summed E-state index contributed by atoms with van der Waals surface area (Å²) in [5.74, 6) is 0.996. The van der Waals surface area contributed by atoms with Crippen molar-refractivity contribution >= 4 is 5.91 Å². The van der Waals surface area contributed by atoms with E-state index in [1.165, 1.54) is 25.7 Å². The van der Waals surface area contributed by atoms with E-state index >= 15 is 0 Å². The molecule has 0 spiro atoms. The minimum atomic E-state index is -0.352. The predicted molar refractivity (Wildman–Crippen MR) is 121 cm³/mol. The molecule has 0 aromatic rings. The van der Waals surface area contributed by atoms with Gasteiger partial charge in [-0.3, -0.25) is 9.69 Å². The standard InChI is InChI=1S/C24H49N3O/c1-8-26(9-2)17-12-15-24(23(25)28,22-14-11-10-13-21(22)7)16-18-27(19(3)4)20(5)6/h19-22H,8-18H2,1-7H3,(H2,25,28). The fraction of sp³-hybridized carbons (Fsp3) is 0.958. The molecule has 1 rings (SSSR count). The van der Waals surface area contributed by atoms with Crippen molar-refractivity contribution in [3.63, 3.8) is 0 Å². The van der Waals surface area contributed by atoms with Gasteiger partial charge < -0.3 is 10.6 Å². The molecule has 4 nitrogen and oxygen atoms in total. The van der Waals surface area contributed by atoms with Gasteiger partial charge in [0.05, 0.1) is 5.41 Å². The normalized spacial score (nSPS) is 23.0. The molecule has 166 valence electrons. The summed E-state index contributed by atoms with van der Waals surface area (Å²) in [5, 5.41) is 0. The summed E-state index contributed by atoms with van der Waals surface area (Å²) in [6.07, 6.45) is 7.88. The first kappa shape index (κ1) is 25.4. The molecule has 0 aliphatic heterocycles. The summed E-state index contributed by atoms with van der Waals surface area (Å²) >= 11 is 0. The van der Waals surface area contributed by atoms with E-state index < -0.39 is 0 Å². The van der Waals surface area contributed by atoms with E-state index in [0.29, 0.717) is 23.9 Å². The maximum Gasteiger partial charge on any atom is 0.223 e. The van der Waals surface area contributed by atoms with Crippen LogP contribution in [0.25, 0.3) is 0 Å². The second kappa shape index (κ2) is 12.2. The number of carbonyl (C=O) groups is 1. The molecule has 3 unspecified atom stereocenters. The van der Waals surface area contributed by atoms with Gasteiger partial charge in [-0.1, -0.05) is 40.0 Å². The zero-order valence-corrected chi connectivity index (χ0v) is 20.0. The fourth-order valence-electron chi connectivity index (χ4n) is 5.66. The molecule has 4 heteroatoms. The lowest BCUT2D eigenvalue weighted by Crippen LogP contribution is -2.50. The van der Waals surface area contributed by atoms with Crippen LogP contribution in [0.5, 0.6) is 0 Å². The number of nitrogens with zero attached hydrogens (tertiary/aromatic N) is 2. The highest BCUT2D eigenvalue weighted by Crippen LogP contribution is 2.47. The number of primary amides is 1. The molecule has 0 heterocycles. The fourth-order valence-corrected chi connectivity index (χ4v) is 5.66. The second-order valence-corrected chi connectivity index (χ2v) is 9.69. The molecule has 1 fully saturated rings. The van der Waals surface area contributed by atoms with E-state index in [-0.39, 0.29) is 11.3 Å². The van der Waals surface area contributed by atoms with Crippen molar-refractivity contribution in [2.45, 2.75) is 105 Å². The van der Waals surface area contributed by atoms with Crippen molar-refractivity contribution < 1.29 is 4.79 Å². The Labute approximate surface area is 175 Å². The summed E-state index contributed by atoms with van der Waals surface area (Å²) in [6, 6.07) is 0.982. The topological polar surface area (TPSA) is 49.6 Å². The van der Waals surface area contributed by atoms with Gasteiger partial charge in [0.25, 0.3) is 0 Å². The van der Waals surface area contributed by atoms with Crippen LogP contribution in [0.3, 0.4) is 0 Å². The number of hydrogen-bond donors (Lipinski definition) is 1. The van der Waals surface area contributed by atoms with Crippen LogP contribution in [0, 0.1) is 17.3 Å². The van der Waals surface area contributed by atoms with Gasteiger partial charge in [-0.25, -0.2) is 0 Å². The first-order valence-corrected chi connectivity index (χ1v) is 12.0. The Morgan fingerprint density at radius 3 is 2.04 bits per heavy atom. The number of nitrogens with two attached hydrogens (primary N) is 1. The van der Waals surface area contributed by atoms with Crippen molar-refractivity contribution in [3.8, 4) is 0 Å². The van der Waals surface area contributed by atoms with E-state index in [2.05, 4.69) is 58.3 Å². The second-order valence-electron chi connectivity index (χ2n) is 9.69. The first-order valence-electron chi connectivity index (χ1n) is 12.0. The summed E-state index contributed by atoms with van der Waals surface area (Å²) in [6.45, 7) is 20.0. The summed E-state index contributed by atoms with van der Waals surface area (Å²) in [5.41, 5.74) is 5.86. The van der Waals surface area contributed by atoms with Crippen LogP contribution < -0.4 is 5.73 Å². The van der Waals surface area contributed by atoms with Crippen LogP contribution in [-0.4, -0.2) is 54.0 Å². The molecule has 1 amide bonds. The molecule has 0 bridgehead atoms. The molecular formula is C24H49N3O. The van der Waals surface area contributed by atoms with Gasteiger partial charge in [0.2, 0.25) is 5.91 Å². The highest BCUT2D eigenvalue weighted by molar-refractivity contribution is 5.81. The van der Waals surface area contributed by atoms with Crippen molar-refractivity contribution in [1.29, 1.82) is 0 Å². The predicted octanol–water partition coefficient (Wildman–Crippen LogP) is 4.92. The highest BCUT2D eigenvalue weighted by Gasteiger charge is 2.46. The minimum absolute atomic E-state index is 0.0433. The van der Waals surface area contributed by atoms with Gasteiger partial charge in [-0.05, 0) is 91.4 Å². The Kier molecular flexibility index (Phi) is 11.1. The Bertz CT molecular complexity index is 439. The van der Waals surface area contributed by atoms with E-state index in [9.17, 15) is 4.79 Å². The Hall–Kier alpha value is -0.610. The van der Waals surface area contributed by atoms with E-state index in [4.69, 9.17) is 5.73 Å². The highest BCUT2D eigenvalue weighted by atomic mass is 16.1.